The van der Waals surface area contributed by atoms with Crippen LogP contribution in [0.5, 0.6) is 5.75 Å². The number of ketones is 1. The highest BCUT2D eigenvalue weighted by Gasteiger charge is 2.28. The Hall–Kier alpha value is -2.76. The van der Waals surface area contributed by atoms with Crippen molar-refractivity contribution in [2.24, 2.45) is 11.8 Å². The smallest absolute Gasteiger partial charge is 0.228 e. The van der Waals surface area contributed by atoms with Crippen LogP contribution in [0.15, 0.2) is 36.5 Å². The molecule has 2 atom stereocenters. The number of hydrogen-bond donors (Lipinski definition) is 1. The van der Waals surface area contributed by atoms with Crippen LogP contribution in [-0.4, -0.2) is 23.8 Å². The molecule has 1 saturated carbocycles. The topological polar surface area (TPSA) is 68.3 Å². The second-order valence-electron chi connectivity index (χ2n) is 7.40. The summed E-state index contributed by atoms with van der Waals surface area (Å²) in [6.45, 7) is 1.60. The van der Waals surface area contributed by atoms with Crippen LogP contribution in [0.1, 0.15) is 39.0 Å². The summed E-state index contributed by atoms with van der Waals surface area (Å²) in [7, 11) is 1.49. The highest BCUT2D eigenvalue weighted by Crippen LogP contribution is 2.33. The van der Waals surface area contributed by atoms with E-state index in [-0.39, 0.29) is 29.3 Å². The number of carbonyl (C=O) groups excluding carboxylic acids is 2. The lowest BCUT2D eigenvalue weighted by atomic mass is 9.79. The second-order valence-corrected chi connectivity index (χ2v) is 7.40. The maximum absolute atomic E-state index is 13.4. The fourth-order valence-electron chi connectivity index (χ4n) is 3.92. The molecule has 28 heavy (non-hydrogen) atoms. The van der Waals surface area contributed by atoms with Crippen LogP contribution in [-0.2, 0) is 9.59 Å². The lowest BCUT2D eigenvalue weighted by Crippen LogP contribution is -2.29. The Labute approximate surface area is 164 Å². The molecule has 1 aromatic carbocycles. The molecule has 0 saturated heterocycles. The number of ether oxygens (including phenoxy) is 1. The number of nitrogens with zero attached hydrogens (tertiary/aromatic N) is 1. The van der Waals surface area contributed by atoms with Crippen LogP contribution in [0.3, 0.4) is 0 Å². The molecule has 1 aliphatic carbocycles. The van der Waals surface area contributed by atoms with Crippen LogP contribution in [0, 0.1) is 17.7 Å². The fraction of sp³-hybridized carbons (Fsp3) is 0.409. The van der Waals surface area contributed by atoms with E-state index < -0.39 is 0 Å². The molecule has 2 aromatic rings. The molecule has 6 heteroatoms. The van der Waals surface area contributed by atoms with Crippen LogP contribution < -0.4 is 10.1 Å². The van der Waals surface area contributed by atoms with Gasteiger partial charge in [0, 0.05) is 30.2 Å². The Morgan fingerprint density at radius 2 is 2.07 bits per heavy atom. The summed E-state index contributed by atoms with van der Waals surface area (Å²) in [4.78, 5) is 28.3. The van der Waals surface area contributed by atoms with Crippen molar-refractivity contribution in [1.82, 2.24) is 4.98 Å². The highest BCUT2D eigenvalue weighted by molar-refractivity contribution is 5.92. The summed E-state index contributed by atoms with van der Waals surface area (Å²) in [6, 6.07) is 7.87. The number of aromatic nitrogens is 1. The second kappa shape index (κ2) is 8.95. The number of hydrogen-bond acceptors (Lipinski definition) is 4. The van der Waals surface area contributed by atoms with Crippen molar-refractivity contribution in [3.8, 4) is 16.9 Å². The first-order valence-corrected chi connectivity index (χ1v) is 9.56. The minimum atomic E-state index is -0.374. The number of benzene rings is 1. The van der Waals surface area contributed by atoms with E-state index in [0.717, 1.165) is 36.8 Å². The zero-order valence-corrected chi connectivity index (χ0v) is 16.2. The van der Waals surface area contributed by atoms with Crippen LogP contribution >= 0.6 is 0 Å². The van der Waals surface area contributed by atoms with E-state index in [9.17, 15) is 14.0 Å². The van der Waals surface area contributed by atoms with Crippen molar-refractivity contribution in [2.45, 2.75) is 39.0 Å². The molecule has 1 amide bonds. The predicted molar refractivity (Wildman–Crippen MR) is 106 cm³/mol. The van der Waals surface area contributed by atoms with Gasteiger partial charge in [-0.15, -0.1) is 0 Å². The molecule has 1 fully saturated rings. The lowest BCUT2D eigenvalue weighted by Gasteiger charge is -2.27. The van der Waals surface area contributed by atoms with E-state index in [4.69, 9.17) is 4.74 Å². The average Bonchev–Trinajstić information content (AvgIpc) is 2.67. The van der Waals surface area contributed by atoms with Gasteiger partial charge in [-0.05, 0) is 61.9 Å². The van der Waals surface area contributed by atoms with Gasteiger partial charge in [0.25, 0.3) is 0 Å². The SMILES string of the molecule is COc1cc(F)ccc1-c1ccnc(NC(=O)C2CCCC(CC(C)=O)C2)c1. The van der Waals surface area contributed by atoms with Gasteiger partial charge in [-0.1, -0.05) is 6.42 Å². The molecule has 0 bridgehead atoms. The largest absolute Gasteiger partial charge is 0.496 e. The number of nitrogens with one attached hydrogen (secondary N) is 1. The molecular formula is C22H25FN2O3. The van der Waals surface area contributed by atoms with Crippen LogP contribution in [0.2, 0.25) is 0 Å². The zero-order valence-electron chi connectivity index (χ0n) is 16.2. The third-order valence-electron chi connectivity index (χ3n) is 5.22. The standard InChI is InChI=1S/C22H25FN2O3/c1-14(26)10-15-4-3-5-17(11-15)22(27)25-21-12-16(8-9-24-21)19-7-6-18(23)13-20(19)28-2/h6-9,12-13,15,17H,3-5,10-11H2,1-2H3,(H,24,25,27). The molecule has 0 spiro atoms. The van der Waals surface area contributed by atoms with Crippen molar-refractivity contribution in [2.75, 3.05) is 12.4 Å². The third kappa shape index (κ3) is 4.94. The van der Waals surface area contributed by atoms with Crippen molar-refractivity contribution >= 4 is 17.5 Å². The van der Waals surface area contributed by atoms with Gasteiger partial charge in [-0.25, -0.2) is 9.37 Å². The molecule has 0 aliphatic heterocycles. The van der Waals surface area contributed by atoms with Crippen LogP contribution in [0.4, 0.5) is 10.2 Å². The molecular weight excluding hydrogens is 359 g/mol. The number of Topliss-reactive ketones (excluding diaryl/α,β-unsaturated/α-hetero) is 1. The maximum Gasteiger partial charge on any atom is 0.228 e. The highest BCUT2D eigenvalue weighted by atomic mass is 19.1. The summed E-state index contributed by atoms with van der Waals surface area (Å²) in [5, 5.41) is 2.89. The maximum atomic E-state index is 13.4. The minimum absolute atomic E-state index is 0.0658. The van der Waals surface area contributed by atoms with E-state index in [2.05, 4.69) is 10.3 Å². The van der Waals surface area contributed by atoms with Crippen molar-refractivity contribution in [1.29, 1.82) is 0 Å². The zero-order chi connectivity index (χ0) is 20.1. The fourth-order valence-corrected chi connectivity index (χ4v) is 3.92. The number of rotatable bonds is 6. The van der Waals surface area contributed by atoms with Gasteiger partial charge in [0.05, 0.1) is 7.11 Å². The number of carbonyl (C=O) groups is 2. The van der Waals surface area contributed by atoms with Crippen molar-refractivity contribution in [3.05, 3.63) is 42.3 Å². The molecule has 1 aliphatic rings. The van der Waals surface area contributed by atoms with Gasteiger partial charge in [0.15, 0.2) is 0 Å². The first-order chi connectivity index (χ1) is 13.5. The quantitative estimate of drug-likeness (QED) is 0.789. The Morgan fingerprint density at radius 3 is 2.82 bits per heavy atom. The van der Waals surface area contributed by atoms with Crippen LogP contribution in [0.25, 0.3) is 11.1 Å². The summed E-state index contributed by atoms with van der Waals surface area (Å²) in [5.74, 6) is 0.775. The summed E-state index contributed by atoms with van der Waals surface area (Å²) >= 11 is 0. The molecule has 1 aromatic heterocycles. The first-order valence-electron chi connectivity index (χ1n) is 9.56. The number of pyridine rings is 1. The van der Waals surface area contributed by atoms with E-state index in [1.54, 1.807) is 31.3 Å². The number of halogens is 1. The van der Waals surface area contributed by atoms with Gasteiger partial charge in [-0.3, -0.25) is 4.79 Å². The number of amides is 1. The van der Waals surface area contributed by atoms with E-state index in [1.165, 1.54) is 19.2 Å². The summed E-state index contributed by atoms with van der Waals surface area (Å²) in [6.07, 6.45) is 5.66. The summed E-state index contributed by atoms with van der Waals surface area (Å²) < 4.78 is 18.7. The van der Waals surface area contributed by atoms with Crippen molar-refractivity contribution < 1.29 is 18.7 Å². The van der Waals surface area contributed by atoms with Gasteiger partial charge in [-0.2, -0.15) is 0 Å². The lowest BCUT2D eigenvalue weighted by molar-refractivity contribution is -0.123. The predicted octanol–water partition coefficient (Wildman–Crippen LogP) is 4.62. The van der Waals surface area contributed by atoms with Gasteiger partial charge in [0.1, 0.15) is 23.2 Å². The minimum Gasteiger partial charge on any atom is -0.496 e. The van der Waals surface area contributed by atoms with Gasteiger partial charge >= 0.3 is 0 Å². The molecule has 2 unspecified atom stereocenters. The Bertz CT molecular complexity index is 869. The Morgan fingerprint density at radius 1 is 1.25 bits per heavy atom. The molecule has 5 nitrogen and oxygen atoms in total. The Kier molecular flexibility index (Phi) is 6.39. The number of methoxy groups -OCH3 is 1. The van der Waals surface area contributed by atoms with E-state index >= 15 is 0 Å². The molecule has 3 rings (SSSR count). The monoisotopic (exact) mass is 384 g/mol. The van der Waals surface area contributed by atoms with Crippen molar-refractivity contribution in [3.63, 3.8) is 0 Å². The molecule has 148 valence electrons. The van der Waals surface area contributed by atoms with E-state index in [1.807, 2.05) is 0 Å². The first kappa shape index (κ1) is 20.0. The Balaban J connectivity index is 1.72. The van der Waals surface area contributed by atoms with Gasteiger partial charge < -0.3 is 14.8 Å². The normalized spacial score (nSPS) is 19.1. The number of anilines is 1. The van der Waals surface area contributed by atoms with Gasteiger partial charge in [0.2, 0.25) is 5.91 Å². The molecule has 1 N–H and O–H groups in total. The summed E-state index contributed by atoms with van der Waals surface area (Å²) in [5.41, 5.74) is 1.50. The van der Waals surface area contributed by atoms with E-state index in [0.29, 0.717) is 18.0 Å². The molecule has 0 radical (unpaired) electrons. The third-order valence-corrected chi connectivity index (χ3v) is 5.22. The molecule has 1 heterocycles. The average molecular weight is 384 g/mol.